The second kappa shape index (κ2) is 2.75. The van der Waals surface area contributed by atoms with Crippen molar-refractivity contribution in [2.75, 3.05) is 24.6 Å². The van der Waals surface area contributed by atoms with Crippen molar-refractivity contribution in [2.24, 2.45) is 5.92 Å². The largest absolute Gasteiger partial charge is 0.396 e. The van der Waals surface area contributed by atoms with Crippen LogP contribution in [-0.4, -0.2) is 34.2 Å². The first kappa shape index (κ1) is 7.00. The normalized spacial score (nSPS) is 18.5. The Morgan fingerprint density at radius 2 is 2.55 bits per heavy atom. The van der Waals surface area contributed by atoms with E-state index in [1.54, 1.807) is 6.33 Å². The minimum atomic E-state index is 0.287. The predicted molar refractivity (Wildman–Crippen MR) is 42.7 cm³/mol. The summed E-state index contributed by atoms with van der Waals surface area (Å²) in [4.78, 5) is 6.18. The summed E-state index contributed by atoms with van der Waals surface area (Å²) in [6, 6.07) is 0. The van der Waals surface area contributed by atoms with Crippen molar-refractivity contribution in [1.82, 2.24) is 9.36 Å². The third kappa shape index (κ3) is 1.21. The summed E-state index contributed by atoms with van der Waals surface area (Å²) in [6.45, 7) is 2.13. The maximum Gasteiger partial charge on any atom is 0.204 e. The summed E-state index contributed by atoms with van der Waals surface area (Å²) in [6.07, 6.45) is 1.56. The van der Waals surface area contributed by atoms with Crippen molar-refractivity contribution < 1.29 is 5.11 Å². The molecule has 1 N–H and O–H groups in total. The molecule has 1 aliphatic rings. The SMILES string of the molecule is OCC1CN(c2ncns2)C1. The van der Waals surface area contributed by atoms with Gasteiger partial charge in [-0.25, -0.2) is 4.98 Å². The molecule has 2 heterocycles. The van der Waals surface area contributed by atoms with Crippen molar-refractivity contribution in [3.05, 3.63) is 6.33 Å². The maximum absolute atomic E-state index is 8.74. The summed E-state index contributed by atoms with van der Waals surface area (Å²) < 4.78 is 3.90. The number of aliphatic hydroxyl groups is 1. The number of aliphatic hydroxyl groups excluding tert-OH is 1. The molecule has 0 bridgehead atoms. The van der Waals surface area contributed by atoms with Crippen LogP contribution in [0.3, 0.4) is 0 Å². The molecule has 11 heavy (non-hydrogen) atoms. The van der Waals surface area contributed by atoms with E-state index < -0.39 is 0 Å². The Hall–Kier alpha value is -0.680. The molecular weight excluding hydrogens is 162 g/mol. The van der Waals surface area contributed by atoms with Crippen molar-refractivity contribution in [3.63, 3.8) is 0 Å². The van der Waals surface area contributed by atoms with Gasteiger partial charge in [-0.2, -0.15) is 4.37 Å². The van der Waals surface area contributed by atoms with Gasteiger partial charge in [0, 0.05) is 37.1 Å². The van der Waals surface area contributed by atoms with E-state index in [2.05, 4.69) is 14.3 Å². The smallest absolute Gasteiger partial charge is 0.204 e. The number of hydrogen-bond acceptors (Lipinski definition) is 5. The fourth-order valence-electron chi connectivity index (χ4n) is 1.15. The molecule has 60 valence electrons. The van der Waals surface area contributed by atoms with Crippen molar-refractivity contribution in [1.29, 1.82) is 0 Å². The molecule has 0 spiro atoms. The van der Waals surface area contributed by atoms with Gasteiger partial charge in [-0.15, -0.1) is 0 Å². The Balaban J connectivity index is 1.92. The Morgan fingerprint density at radius 1 is 1.73 bits per heavy atom. The molecule has 0 aliphatic carbocycles. The first-order valence-electron chi connectivity index (χ1n) is 3.52. The summed E-state index contributed by atoms with van der Waals surface area (Å²) in [5.74, 6) is 0.443. The number of aromatic nitrogens is 2. The van der Waals surface area contributed by atoms with E-state index in [4.69, 9.17) is 5.11 Å². The van der Waals surface area contributed by atoms with Gasteiger partial charge >= 0.3 is 0 Å². The second-order valence-electron chi connectivity index (χ2n) is 2.68. The zero-order valence-corrected chi connectivity index (χ0v) is 6.79. The van der Waals surface area contributed by atoms with Crippen LogP contribution in [0.2, 0.25) is 0 Å². The first-order valence-corrected chi connectivity index (χ1v) is 4.30. The van der Waals surface area contributed by atoms with Gasteiger partial charge in [0.1, 0.15) is 6.33 Å². The third-order valence-corrected chi connectivity index (χ3v) is 2.56. The standard InChI is InChI=1S/C6H9N3OS/c10-3-5-1-9(2-5)6-7-4-8-11-6/h4-5,10H,1-3H2. The zero-order chi connectivity index (χ0) is 7.68. The Labute approximate surface area is 68.7 Å². The van der Waals surface area contributed by atoms with Crippen LogP contribution in [0.25, 0.3) is 0 Å². The van der Waals surface area contributed by atoms with Crippen molar-refractivity contribution >= 4 is 16.7 Å². The third-order valence-electron chi connectivity index (χ3n) is 1.84. The fraction of sp³-hybridized carbons (Fsp3) is 0.667. The zero-order valence-electron chi connectivity index (χ0n) is 5.97. The van der Waals surface area contributed by atoms with E-state index in [9.17, 15) is 0 Å². The Bertz CT molecular complexity index is 220. The number of rotatable bonds is 2. The van der Waals surface area contributed by atoms with Gasteiger partial charge in [0.15, 0.2) is 0 Å². The molecule has 1 aromatic rings. The molecule has 1 aliphatic heterocycles. The molecule has 0 atom stereocenters. The maximum atomic E-state index is 8.74. The molecule has 4 nitrogen and oxygen atoms in total. The summed E-state index contributed by atoms with van der Waals surface area (Å²) >= 11 is 1.40. The van der Waals surface area contributed by atoms with Gasteiger partial charge in [-0.05, 0) is 0 Å². The Morgan fingerprint density at radius 3 is 3.09 bits per heavy atom. The molecule has 1 fully saturated rings. The average Bonchev–Trinajstić information content (AvgIpc) is 2.37. The van der Waals surface area contributed by atoms with Crippen molar-refractivity contribution in [2.45, 2.75) is 0 Å². The lowest BCUT2D eigenvalue weighted by atomic mass is 10.0. The van der Waals surface area contributed by atoms with Crippen LogP contribution >= 0.6 is 11.5 Å². The topological polar surface area (TPSA) is 49.2 Å². The number of nitrogens with zero attached hydrogens (tertiary/aromatic N) is 3. The van der Waals surface area contributed by atoms with E-state index in [-0.39, 0.29) is 6.61 Å². The quantitative estimate of drug-likeness (QED) is 0.678. The van der Waals surface area contributed by atoms with Crippen LogP contribution in [0.5, 0.6) is 0 Å². The first-order chi connectivity index (χ1) is 5.40. The summed E-state index contributed by atoms with van der Waals surface area (Å²) in [7, 11) is 0. The van der Waals surface area contributed by atoms with Crippen LogP contribution < -0.4 is 4.90 Å². The van der Waals surface area contributed by atoms with E-state index >= 15 is 0 Å². The highest BCUT2D eigenvalue weighted by Crippen LogP contribution is 2.24. The molecule has 1 saturated heterocycles. The second-order valence-corrected chi connectivity index (χ2v) is 3.44. The molecule has 1 aromatic heterocycles. The highest BCUT2D eigenvalue weighted by atomic mass is 32.1. The van der Waals surface area contributed by atoms with Gasteiger partial charge in [0.25, 0.3) is 0 Å². The minimum Gasteiger partial charge on any atom is -0.396 e. The van der Waals surface area contributed by atoms with Gasteiger partial charge in [-0.1, -0.05) is 0 Å². The van der Waals surface area contributed by atoms with Gasteiger partial charge in [-0.3, -0.25) is 0 Å². The minimum absolute atomic E-state index is 0.287. The van der Waals surface area contributed by atoms with E-state index in [1.807, 2.05) is 0 Å². The molecule has 0 amide bonds. The number of anilines is 1. The lowest BCUT2D eigenvalue weighted by molar-refractivity contribution is 0.200. The van der Waals surface area contributed by atoms with Gasteiger partial charge in [0.05, 0.1) is 0 Å². The lowest BCUT2D eigenvalue weighted by Gasteiger charge is -2.37. The Kier molecular flexibility index (Phi) is 1.75. The summed E-state index contributed by atoms with van der Waals surface area (Å²) in [5.41, 5.74) is 0. The molecule has 5 heteroatoms. The lowest BCUT2D eigenvalue weighted by Crippen LogP contribution is -2.48. The van der Waals surface area contributed by atoms with Crippen LogP contribution in [0, 0.1) is 5.92 Å². The predicted octanol–water partition coefficient (Wildman–Crippen LogP) is -0.0334. The monoisotopic (exact) mass is 171 g/mol. The van der Waals surface area contributed by atoms with Crippen LogP contribution in [0.4, 0.5) is 5.13 Å². The molecule has 0 unspecified atom stereocenters. The van der Waals surface area contributed by atoms with Gasteiger partial charge < -0.3 is 10.0 Å². The molecule has 0 aromatic carbocycles. The molecule has 2 rings (SSSR count). The molecular formula is C6H9N3OS. The fourth-order valence-corrected chi connectivity index (χ4v) is 1.70. The van der Waals surface area contributed by atoms with E-state index in [1.165, 1.54) is 11.5 Å². The summed E-state index contributed by atoms with van der Waals surface area (Å²) in [5, 5.41) is 9.71. The highest BCUT2D eigenvalue weighted by Gasteiger charge is 2.27. The molecule has 0 saturated carbocycles. The van der Waals surface area contributed by atoms with Crippen LogP contribution in [-0.2, 0) is 0 Å². The average molecular weight is 171 g/mol. The number of hydrogen-bond donors (Lipinski definition) is 1. The highest BCUT2D eigenvalue weighted by molar-refractivity contribution is 7.09. The van der Waals surface area contributed by atoms with Crippen molar-refractivity contribution in [3.8, 4) is 0 Å². The van der Waals surface area contributed by atoms with Crippen LogP contribution in [0.1, 0.15) is 0 Å². The van der Waals surface area contributed by atoms with E-state index in [0.29, 0.717) is 5.92 Å². The molecule has 0 radical (unpaired) electrons. The van der Waals surface area contributed by atoms with Gasteiger partial charge in [0.2, 0.25) is 5.13 Å². The van der Waals surface area contributed by atoms with Crippen LogP contribution in [0.15, 0.2) is 6.33 Å². The van der Waals surface area contributed by atoms with E-state index in [0.717, 1.165) is 18.2 Å².